The molecule has 0 amide bonds. The maximum absolute atomic E-state index is 12.5. The second-order valence-electron chi connectivity index (χ2n) is 7.78. The number of fused-ring (bicyclic) bond motifs is 1. The van der Waals surface area contributed by atoms with Gasteiger partial charge in [-0.1, -0.05) is 12.0 Å². The average molecular weight is 354 g/mol. The van der Waals surface area contributed by atoms with Gasteiger partial charge < -0.3 is 19.7 Å². The minimum absolute atomic E-state index is 0.151. The van der Waals surface area contributed by atoms with Crippen LogP contribution in [0.15, 0.2) is 23.0 Å². The van der Waals surface area contributed by atoms with Crippen molar-refractivity contribution in [2.24, 2.45) is 0 Å². The van der Waals surface area contributed by atoms with Gasteiger partial charge in [-0.15, -0.1) is 6.42 Å². The number of ether oxygens (including phenoxy) is 1. The molecule has 5 nitrogen and oxygen atoms in total. The number of aromatic nitrogens is 1. The van der Waals surface area contributed by atoms with Crippen molar-refractivity contribution in [2.45, 2.75) is 44.8 Å². The molecule has 1 aromatic carbocycles. The topological polar surface area (TPSA) is 65.6 Å². The molecule has 1 saturated heterocycles. The SMILES string of the molecule is C#Cc1c(N2CCC(C)(OC)CC2)c2cc(C(C)(C)O)ccc2[nH]c1=O. The maximum atomic E-state index is 12.5. The summed E-state index contributed by atoms with van der Waals surface area (Å²) < 4.78 is 5.63. The molecule has 0 saturated carbocycles. The molecule has 0 atom stereocenters. The van der Waals surface area contributed by atoms with Crippen LogP contribution in [0.3, 0.4) is 0 Å². The van der Waals surface area contributed by atoms with E-state index in [1.807, 2.05) is 18.2 Å². The van der Waals surface area contributed by atoms with Crippen LogP contribution in [0.4, 0.5) is 5.69 Å². The highest BCUT2D eigenvalue weighted by molar-refractivity contribution is 5.95. The number of benzene rings is 1. The van der Waals surface area contributed by atoms with Gasteiger partial charge in [-0.3, -0.25) is 4.79 Å². The number of rotatable bonds is 3. The van der Waals surface area contributed by atoms with Gasteiger partial charge in [-0.25, -0.2) is 0 Å². The van der Waals surface area contributed by atoms with E-state index in [-0.39, 0.29) is 11.2 Å². The fraction of sp³-hybridized carbons (Fsp3) is 0.476. The fourth-order valence-corrected chi connectivity index (χ4v) is 3.53. The molecule has 138 valence electrons. The maximum Gasteiger partial charge on any atom is 0.266 e. The second-order valence-corrected chi connectivity index (χ2v) is 7.78. The number of aromatic amines is 1. The molecule has 2 aromatic rings. The summed E-state index contributed by atoms with van der Waals surface area (Å²) in [6.07, 6.45) is 7.39. The summed E-state index contributed by atoms with van der Waals surface area (Å²) in [5.41, 5.74) is 1.22. The van der Waals surface area contributed by atoms with Crippen molar-refractivity contribution in [3.63, 3.8) is 0 Å². The smallest absolute Gasteiger partial charge is 0.266 e. The van der Waals surface area contributed by atoms with E-state index in [1.165, 1.54) is 0 Å². The van der Waals surface area contributed by atoms with E-state index >= 15 is 0 Å². The number of nitrogens with one attached hydrogen (secondary N) is 1. The lowest BCUT2D eigenvalue weighted by molar-refractivity contribution is -0.0132. The third kappa shape index (κ3) is 3.23. The van der Waals surface area contributed by atoms with Crippen molar-refractivity contribution < 1.29 is 9.84 Å². The van der Waals surface area contributed by atoms with Gasteiger partial charge in [-0.2, -0.15) is 0 Å². The number of terminal acetylenes is 1. The largest absolute Gasteiger partial charge is 0.386 e. The van der Waals surface area contributed by atoms with E-state index in [2.05, 4.69) is 22.7 Å². The zero-order valence-corrected chi connectivity index (χ0v) is 15.8. The molecule has 0 unspecified atom stereocenters. The van der Waals surface area contributed by atoms with E-state index < -0.39 is 5.60 Å². The molecule has 0 bridgehead atoms. The fourth-order valence-electron chi connectivity index (χ4n) is 3.53. The van der Waals surface area contributed by atoms with Gasteiger partial charge in [0.15, 0.2) is 0 Å². The van der Waals surface area contributed by atoms with Gasteiger partial charge in [-0.05, 0) is 51.3 Å². The van der Waals surface area contributed by atoms with Gasteiger partial charge >= 0.3 is 0 Å². The Morgan fingerprint density at radius 2 is 2.00 bits per heavy atom. The second kappa shape index (κ2) is 6.46. The lowest BCUT2D eigenvalue weighted by Gasteiger charge is -2.40. The number of hydrogen-bond donors (Lipinski definition) is 2. The van der Waals surface area contributed by atoms with E-state index in [4.69, 9.17) is 11.2 Å². The molecular formula is C21H26N2O3. The summed E-state index contributed by atoms with van der Waals surface area (Å²) in [5, 5.41) is 11.2. The Morgan fingerprint density at radius 1 is 1.35 bits per heavy atom. The minimum atomic E-state index is -0.978. The summed E-state index contributed by atoms with van der Waals surface area (Å²) in [5.74, 6) is 2.57. The number of anilines is 1. The average Bonchev–Trinajstić information content (AvgIpc) is 2.60. The van der Waals surface area contributed by atoms with Crippen LogP contribution >= 0.6 is 0 Å². The van der Waals surface area contributed by atoms with Gasteiger partial charge in [0, 0.05) is 25.6 Å². The molecule has 0 aliphatic carbocycles. The Labute approximate surface area is 154 Å². The number of aliphatic hydroxyl groups is 1. The number of nitrogens with zero attached hydrogens (tertiary/aromatic N) is 1. The van der Waals surface area contributed by atoms with Crippen LogP contribution in [-0.4, -0.2) is 35.9 Å². The van der Waals surface area contributed by atoms with Crippen molar-refractivity contribution in [2.75, 3.05) is 25.1 Å². The molecular weight excluding hydrogens is 328 g/mol. The van der Waals surface area contributed by atoms with Gasteiger partial charge in [0.2, 0.25) is 0 Å². The highest BCUT2D eigenvalue weighted by atomic mass is 16.5. The molecule has 3 rings (SSSR count). The number of H-pyrrole nitrogens is 1. The van der Waals surface area contributed by atoms with E-state index in [1.54, 1.807) is 21.0 Å². The van der Waals surface area contributed by atoms with Crippen molar-refractivity contribution in [3.8, 4) is 12.3 Å². The molecule has 1 aromatic heterocycles. The summed E-state index contributed by atoms with van der Waals surface area (Å²) in [6.45, 7) is 7.10. The highest BCUT2D eigenvalue weighted by Gasteiger charge is 2.31. The lowest BCUT2D eigenvalue weighted by Crippen LogP contribution is -2.44. The van der Waals surface area contributed by atoms with Crippen LogP contribution in [0.1, 0.15) is 44.7 Å². The predicted molar refractivity (Wildman–Crippen MR) is 105 cm³/mol. The van der Waals surface area contributed by atoms with E-state index in [0.717, 1.165) is 48.1 Å². The third-order valence-corrected chi connectivity index (χ3v) is 5.47. The van der Waals surface area contributed by atoms with E-state index in [9.17, 15) is 9.90 Å². The molecule has 2 N–H and O–H groups in total. The van der Waals surface area contributed by atoms with Crippen LogP contribution in [0.2, 0.25) is 0 Å². The first-order valence-electron chi connectivity index (χ1n) is 8.88. The van der Waals surface area contributed by atoms with Crippen molar-refractivity contribution in [1.82, 2.24) is 4.98 Å². The number of methoxy groups -OCH3 is 1. The molecule has 5 heteroatoms. The van der Waals surface area contributed by atoms with E-state index in [0.29, 0.717) is 5.56 Å². The lowest BCUT2D eigenvalue weighted by atomic mass is 9.91. The van der Waals surface area contributed by atoms with Crippen molar-refractivity contribution in [3.05, 3.63) is 39.7 Å². The normalized spacial score (nSPS) is 17.3. The van der Waals surface area contributed by atoms with Crippen LogP contribution in [0.25, 0.3) is 10.9 Å². The number of pyridine rings is 1. The van der Waals surface area contributed by atoms with Gasteiger partial charge in [0.1, 0.15) is 5.56 Å². The quantitative estimate of drug-likeness (QED) is 0.832. The Bertz CT molecular complexity index is 923. The predicted octanol–water partition coefficient (Wildman–Crippen LogP) is 2.74. The van der Waals surface area contributed by atoms with Gasteiger partial charge in [0.05, 0.1) is 22.4 Å². The Hall–Kier alpha value is -2.29. The van der Waals surface area contributed by atoms with Crippen LogP contribution in [0.5, 0.6) is 0 Å². The third-order valence-electron chi connectivity index (χ3n) is 5.47. The standard InChI is InChI=1S/C21H26N2O3/c1-6-15-18(23-11-9-21(4,26-5)10-12-23)16-13-14(20(2,3)25)7-8-17(16)22-19(15)24/h1,7-8,13,25H,9-12H2,2-5H3,(H,22,24). The first-order valence-corrected chi connectivity index (χ1v) is 8.88. The molecule has 0 spiro atoms. The Balaban J connectivity index is 2.19. The first kappa shape index (κ1) is 18.5. The molecule has 1 aliphatic rings. The molecule has 26 heavy (non-hydrogen) atoms. The van der Waals surface area contributed by atoms with Gasteiger partial charge in [0.25, 0.3) is 5.56 Å². The summed E-state index contributed by atoms with van der Waals surface area (Å²) in [7, 11) is 1.74. The summed E-state index contributed by atoms with van der Waals surface area (Å²) in [6, 6.07) is 5.58. The van der Waals surface area contributed by atoms with Crippen molar-refractivity contribution in [1.29, 1.82) is 0 Å². The van der Waals surface area contributed by atoms with Crippen molar-refractivity contribution >= 4 is 16.6 Å². The zero-order valence-electron chi connectivity index (χ0n) is 15.8. The monoisotopic (exact) mass is 354 g/mol. The summed E-state index contributed by atoms with van der Waals surface area (Å²) >= 11 is 0. The Kier molecular flexibility index (Phi) is 4.60. The molecule has 1 aliphatic heterocycles. The number of hydrogen-bond acceptors (Lipinski definition) is 4. The highest BCUT2D eigenvalue weighted by Crippen LogP contribution is 2.35. The molecule has 2 heterocycles. The first-order chi connectivity index (χ1) is 12.2. The number of piperidine rings is 1. The summed E-state index contributed by atoms with van der Waals surface area (Å²) in [4.78, 5) is 17.5. The van der Waals surface area contributed by atoms with Crippen LogP contribution < -0.4 is 10.5 Å². The molecule has 0 radical (unpaired) electrons. The van der Waals surface area contributed by atoms with Crippen LogP contribution in [-0.2, 0) is 10.3 Å². The Morgan fingerprint density at radius 3 is 2.54 bits per heavy atom. The minimum Gasteiger partial charge on any atom is -0.386 e. The zero-order chi connectivity index (χ0) is 19.1. The van der Waals surface area contributed by atoms with Crippen LogP contribution in [0, 0.1) is 12.3 Å². The molecule has 1 fully saturated rings.